The molecule has 5 heterocycles. The number of hydrogen-bond donors (Lipinski definition) is 3. The van der Waals surface area contributed by atoms with Crippen LogP contribution >= 0.6 is 34.3 Å². The lowest BCUT2D eigenvalue weighted by Crippen LogP contribution is -2.58. The van der Waals surface area contributed by atoms with Crippen molar-refractivity contribution in [3.05, 3.63) is 104 Å². The van der Waals surface area contributed by atoms with Gasteiger partial charge in [0.05, 0.1) is 67.8 Å². The van der Waals surface area contributed by atoms with Crippen molar-refractivity contribution in [1.82, 2.24) is 40.6 Å². The smallest absolute Gasteiger partial charge is 0.306 e. The molecule has 2 aliphatic rings. The molecule has 0 saturated carbocycles. The first-order valence-corrected chi connectivity index (χ1v) is 36.9. The highest BCUT2D eigenvalue weighted by Crippen LogP contribution is 2.40. The van der Waals surface area contributed by atoms with E-state index in [0.29, 0.717) is 23.1 Å². The second kappa shape index (κ2) is 33.7. The van der Waals surface area contributed by atoms with Crippen molar-refractivity contribution >= 4 is 77.9 Å². The third kappa shape index (κ3) is 20.4. The minimum atomic E-state index is -1.70. The molecule has 3 N–H and O–H groups in total. The highest BCUT2D eigenvalue weighted by atomic mass is 35.5. The molecule has 0 radical (unpaired) electrons. The van der Waals surface area contributed by atoms with Gasteiger partial charge in [-0.25, -0.2) is 4.98 Å². The van der Waals surface area contributed by atoms with Gasteiger partial charge in [0.25, 0.3) is 0 Å². The molecule has 4 amide bonds. The van der Waals surface area contributed by atoms with Crippen LogP contribution in [-0.2, 0) is 53.9 Å². The van der Waals surface area contributed by atoms with Gasteiger partial charge in [-0.15, -0.1) is 32.9 Å². The SMILES string of the molecule is Cc1ncsc1-c1ccc(CNC(=O)[C@@H]2C[C@@H](OC(=O)CCCCCCCCCCCO[Si](C)(C)C(C)(C)C)CN2C(=O)[C@@H](NC(=O)COCCOCCOCCNC(=O)C[C@@H]2N=C(c3ccc(Cl)cc3)c3c(sc(C)c3C)-n3c(C)nnc32)C(C)(C)C)cc1. The van der Waals surface area contributed by atoms with E-state index in [-0.39, 0.29) is 101 Å². The number of thiophene rings is 1. The topological polar surface area (TPSA) is 227 Å². The number of fused-ring (bicyclic) bond motifs is 3. The van der Waals surface area contributed by atoms with Crippen LogP contribution in [0.5, 0.6) is 0 Å². The summed E-state index contributed by atoms with van der Waals surface area (Å²) in [7, 11) is -1.70. The lowest BCUT2D eigenvalue weighted by atomic mass is 9.85. The standard InChI is InChI=1S/C67H96ClN9O10S2Si/c1-44-46(3)89-65-58(44)59(49-27-29-51(68)30-28-49)72-53(62-75-74-47(4)77(62)65)39-55(78)69-31-33-83-34-35-84-36-37-85-42-56(79)73-61(66(5,6)7)64(82)76-41-52(38-54(76)63(81)70-40-48-23-25-50(26-24-48)60-45(2)71-43-88-60)87-57(80)22-20-18-16-14-13-15-17-19-21-32-86-90(11,12)67(8,9)10/h23-30,43,52-54,61H,13-22,31-42H2,1-12H3,(H,69,78)(H,70,81)(H,73,79)/t52-,53+,54+,61-/m1/s1. The summed E-state index contributed by atoms with van der Waals surface area (Å²) in [6, 6.07) is 12.9. The quantitative estimate of drug-likeness (QED) is 0.0198. The normalized spacial score (nSPS) is 16.3. The van der Waals surface area contributed by atoms with Crippen molar-refractivity contribution in [2.24, 2.45) is 10.4 Å². The summed E-state index contributed by atoms with van der Waals surface area (Å²) in [4.78, 5) is 82.2. The number of rotatable bonds is 34. The number of amides is 4. The van der Waals surface area contributed by atoms with E-state index in [4.69, 9.17) is 40.0 Å². The van der Waals surface area contributed by atoms with E-state index < -0.39 is 49.8 Å². The first-order chi connectivity index (χ1) is 42.8. The third-order valence-electron chi connectivity index (χ3n) is 17.1. The Morgan fingerprint density at radius 3 is 2.03 bits per heavy atom. The molecule has 23 heteroatoms. The van der Waals surface area contributed by atoms with Crippen LogP contribution in [0.15, 0.2) is 59.0 Å². The molecule has 90 heavy (non-hydrogen) atoms. The Morgan fingerprint density at radius 2 is 1.39 bits per heavy atom. The van der Waals surface area contributed by atoms with Gasteiger partial charge in [0, 0.05) is 53.6 Å². The Balaban J connectivity index is 0.821. The monoisotopic (exact) mass is 1310 g/mol. The van der Waals surface area contributed by atoms with Gasteiger partial charge in [0.15, 0.2) is 14.1 Å². The number of nitrogens with zero attached hydrogens (tertiary/aromatic N) is 6. The maximum Gasteiger partial charge on any atom is 0.306 e. The maximum atomic E-state index is 14.7. The molecule has 4 atom stereocenters. The number of halogens is 1. The molecule has 2 aliphatic heterocycles. The second-order valence-corrected chi connectivity index (χ2v) is 33.5. The van der Waals surface area contributed by atoms with E-state index in [2.05, 4.69) is 78.8 Å². The number of likely N-dealkylation sites (tertiary alicyclic amines) is 1. The summed E-state index contributed by atoms with van der Waals surface area (Å²) in [5.41, 5.74) is 7.68. The Hall–Kier alpha value is -5.72. The number of nitrogens with one attached hydrogen (secondary N) is 3. The van der Waals surface area contributed by atoms with Crippen LogP contribution < -0.4 is 16.0 Å². The van der Waals surface area contributed by atoms with Gasteiger partial charge in [-0.05, 0) is 92.9 Å². The predicted molar refractivity (Wildman–Crippen MR) is 358 cm³/mol. The van der Waals surface area contributed by atoms with E-state index in [1.165, 1.54) is 30.6 Å². The summed E-state index contributed by atoms with van der Waals surface area (Å²) in [5, 5.41) is 19.5. The van der Waals surface area contributed by atoms with Crippen LogP contribution in [0.25, 0.3) is 15.4 Å². The van der Waals surface area contributed by atoms with E-state index >= 15 is 0 Å². The van der Waals surface area contributed by atoms with Crippen molar-refractivity contribution in [2.45, 2.75) is 195 Å². The van der Waals surface area contributed by atoms with Crippen molar-refractivity contribution < 1.29 is 47.3 Å². The van der Waals surface area contributed by atoms with Crippen molar-refractivity contribution in [1.29, 1.82) is 0 Å². The summed E-state index contributed by atoms with van der Waals surface area (Å²) in [5.74, 6) is -0.601. The molecular formula is C67H96ClN9O10S2Si. The molecule has 5 aromatic rings. The number of esters is 1. The zero-order valence-corrected chi connectivity index (χ0v) is 58.4. The molecule has 0 aliphatic carbocycles. The summed E-state index contributed by atoms with van der Waals surface area (Å²) < 4.78 is 31.4. The highest BCUT2D eigenvalue weighted by molar-refractivity contribution is 7.15. The van der Waals surface area contributed by atoms with Crippen LogP contribution in [0, 0.1) is 33.1 Å². The fourth-order valence-electron chi connectivity index (χ4n) is 10.7. The highest BCUT2D eigenvalue weighted by Gasteiger charge is 2.46. The minimum Gasteiger partial charge on any atom is -0.460 e. The number of carbonyl (C=O) groups is 5. The van der Waals surface area contributed by atoms with Crippen LogP contribution in [-0.4, -0.2) is 146 Å². The van der Waals surface area contributed by atoms with Gasteiger partial charge in [-0.2, -0.15) is 0 Å². The van der Waals surface area contributed by atoms with E-state index in [0.717, 1.165) is 86.3 Å². The van der Waals surface area contributed by atoms with Gasteiger partial charge < -0.3 is 44.2 Å². The Kier molecular flexibility index (Phi) is 26.9. The largest absolute Gasteiger partial charge is 0.460 e. The molecule has 1 fully saturated rings. The van der Waals surface area contributed by atoms with Crippen molar-refractivity contribution in [2.75, 3.05) is 59.3 Å². The molecular weight excluding hydrogens is 1220 g/mol. The minimum absolute atomic E-state index is 0.00773. The average Bonchev–Trinajstić information content (AvgIpc) is 1.61. The fourth-order valence-corrected chi connectivity index (χ4v) is 13.9. The van der Waals surface area contributed by atoms with Crippen LogP contribution in [0.2, 0.25) is 23.2 Å². The number of ether oxygens (including phenoxy) is 4. The van der Waals surface area contributed by atoms with Gasteiger partial charge in [0.2, 0.25) is 23.6 Å². The van der Waals surface area contributed by atoms with E-state index in [1.807, 2.05) is 93.2 Å². The first-order valence-electron chi connectivity index (χ1n) is 31.9. The van der Waals surface area contributed by atoms with Crippen molar-refractivity contribution in [3.8, 4) is 15.4 Å². The Morgan fingerprint density at radius 1 is 0.756 bits per heavy atom. The number of carbonyl (C=O) groups excluding carboxylic acids is 5. The molecule has 7 rings (SSSR count). The lowest BCUT2D eigenvalue weighted by molar-refractivity contribution is -0.150. The van der Waals surface area contributed by atoms with Crippen LogP contribution in [0.4, 0.5) is 0 Å². The van der Waals surface area contributed by atoms with E-state index in [9.17, 15) is 24.0 Å². The number of thiazole rings is 1. The number of aliphatic imine (C=N–C) groups is 1. The second-order valence-electron chi connectivity index (χ2n) is 26.2. The van der Waals surface area contributed by atoms with Gasteiger partial charge >= 0.3 is 5.97 Å². The zero-order chi connectivity index (χ0) is 65.2. The molecule has 19 nitrogen and oxygen atoms in total. The third-order valence-corrected chi connectivity index (χ3v) is 24.0. The number of unbranched alkanes of at least 4 members (excludes halogenated alkanes) is 8. The molecule has 0 spiro atoms. The van der Waals surface area contributed by atoms with E-state index in [1.54, 1.807) is 22.7 Å². The van der Waals surface area contributed by atoms with Gasteiger partial charge in [-0.1, -0.05) is 134 Å². The average molecular weight is 1320 g/mol. The molecule has 0 unspecified atom stereocenters. The van der Waals surface area contributed by atoms with Crippen molar-refractivity contribution in [3.63, 3.8) is 0 Å². The van der Waals surface area contributed by atoms with Gasteiger partial charge in [0.1, 0.15) is 41.7 Å². The summed E-state index contributed by atoms with van der Waals surface area (Å²) in [6.07, 6.45) is 9.36. The number of aromatic nitrogens is 4. The molecule has 2 aromatic carbocycles. The fraction of sp³-hybridized carbons (Fsp3) is 0.597. The zero-order valence-electron chi connectivity index (χ0n) is 55.0. The first kappa shape index (κ1) is 71.7. The Labute approximate surface area is 546 Å². The van der Waals surface area contributed by atoms with Crippen LogP contribution in [0.3, 0.4) is 0 Å². The summed E-state index contributed by atoms with van der Waals surface area (Å²) >= 11 is 9.48. The Bertz CT molecular complexity index is 3210. The molecule has 492 valence electrons. The maximum absolute atomic E-state index is 14.7. The number of hydrogen-bond acceptors (Lipinski definition) is 16. The molecule has 3 aromatic heterocycles. The van der Waals surface area contributed by atoms with Crippen LogP contribution in [0.1, 0.15) is 169 Å². The summed E-state index contributed by atoms with van der Waals surface area (Å²) in [6.45, 7) is 27.1. The lowest BCUT2D eigenvalue weighted by Gasteiger charge is -2.36. The van der Waals surface area contributed by atoms with Gasteiger partial charge in [-0.3, -0.25) is 33.5 Å². The molecule has 1 saturated heterocycles. The predicted octanol–water partition coefficient (Wildman–Crippen LogP) is 12.1. The number of benzene rings is 2. The number of aryl methyl sites for hydroxylation is 3. The molecule has 0 bridgehead atoms.